The van der Waals surface area contributed by atoms with E-state index < -0.39 is 17.7 Å². The van der Waals surface area contributed by atoms with Crippen LogP contribution >= 0.6 is 0 Å². The van der Waals surface area contributed by atoms with Crippen LogP contribution in [0.4, 0.5) is 0 Å². The molecule has 0 aromatic heterocycles. The average molecular weight is 526 g/mol. The van der Waals surface area contributed by atoms with Gasteiger partial charge in [-0.1, -0.05) is 32.0 Å². The van der Waals surface area contributed by atoms with Gasteiger partial charge in [-0.3, -0.25) is 9.59 Å². The minimum absolute atomic E-state index is 0.0217. The van der Waals surface area contributed by atoms with Crippen molar-refractivity contribution < 1.29 is 33.6 Å². The number of carbonyl (C=O) groups is 2. The van der Waals surface area contributed by atoms with Crippen molar-refractivity contribution in [3.05, 3.63) is 59.2 Å². The zero-order chi connectivity index (χ0) is 27.8. The number of aliphatic hydroxyl groups excluding tert-OH is 1. The molecule has 2 aromatic rings. The second kappa shape index (κ2) is 13.3. The molecule has 1 atom stereocenters. The van der Waals surface area contributed by atoms with Crippen molar-refractivity contribution in [3.63, 3.8) is 0 Å². The molecule has 1 fully saturated rings. The Morgan fingerprint density at radius 1 is 1.03 bits per heavy atom. The minimum Gasteiger partial charge on any atom is -0.507 e. The molecular formula is C30H39NO7. The molecule has 1 aliphatic heterocycles. The van der Waals surface area contributed by atoms with Gasteiger partial charge in [0.2, 0.25) is 0 Å². The molecule has 0 saturated carbocycles. The Morgan fingerprint density at radius 2 is 1.79 bits per heavy atom. The zero-order valence-corrected chi connectivity index (χ0v) is 23.2. The smallest absolute Gasteiger partial charge is 0.295 e. The van der Waals surface area contributed by atoms with Gasteiger partial charge >= 0.3 is 0 Å². The molecule has 0 radical (unpaired) electrons. The second-order valence-electron chi connectivity index (χ2n) is 9.84. The average Bonchev–Trinajstić information content (AvgIpc) is 3.14. The SMILES string of the molecule is CCOc1cc(C2/C(=C(/O)c3cccc(OCC(C)C)c3)C(=O)C(=O)N2CCCOC(C)C)ccc1OC. The standard InChI is InChI=1S/C30H39NO7/c1-7-36-25-17-21(12-13-24(25)35-6)27-26(29(33)30(34)31(27)14-9-15-37-20(4)5)28(32)22-10-8-11-23(16-22)38-18-19(2)3/h8,10-13,16-17,19-20,27,32H,7,9,14-15,18H2,1-6H3/b28-26-. The predicted molar refractivity (Wildman–Crippen MR) is 146 cm³/mol. The molecule has 0 spiro atoms. The number of ketones is 1. The van der Waals surface area contributed by atoms with Crippen LogP contribution in [0.5, 0.6) is 17.2 Å². The van der Waals surface area contributed by atoms with Gasteiger partial charge < -0.3 is 29.0 Å². The third-order valence-electron chi connectivity index (χ3n) is 6.03. The number of aliphatic hydroxyl groups is 1. The number of Topliss-reactive ketones (excluding diaryl/α,β-unsaturated/α-hetero) is 1. The Hall–Kier alpha value is -3.52. The lowest BCUT2D eigenvalue weighted by Gasteiger charge is -2.26. The first-order valence-corrected chi connectivity index (χ1v) is 13.1. The van der Waals surface area contributed by atoms with Crippen LogP contribution in [0.15, 0.2) is 48.0 Å². The summed E-state index contributed by atoms with van der Waals surface area (Å²) in [5.74, 6) is 0.271. The number of nitrogens with zero attached hydrogens (tertiary/aromatic N) is 1. The number of ether oxygens (including phenoxy) is 4. The van der Waals surface area contributed by atoms with Crippen molar-refractivity contribution in [2.24, 2.45) is 5.92 Å². The van der Waals surface area contributed by atoms with Crippen LogP contribution in [0.2, 0.25) is 0 Å². The molecule has 1 aliphatic rings. The number of likely N-dealkylation sites (tertiary alicyclic amines) is 1. The van der Waals surface area contributed by atoms with E-state index in [0.29, 0.717) is 60.5 Å². The molecule has 1 amide bonds. The number of rotatable bonds is 13. The van der Waals surface area contributed by atoms with Gasteiger partial charge in [0.1, 0.15) is 11.5 Å². The zero-order valence-electron chi connectivity index (χ0n) is 23.2. The van der Waals surface area contributed by atoms with Crippen molar-refractivity contribution in [3.8, 4) is 17.2 Å². The first-order valence-electron chi connectivity index (χ1n) is 13.1. The number of amides is 1. The number of benzene rings is 2. The van der Waals surface area contributed by atoms with Crippen molar-refractivity contribution in [1.29, 1.82) is 0 Å². The van der Waals surface area contributed by atoms with Crippen LogP contribution in [0, 0.1) is 5.92 Å². The molecule has 8 nitrogen and oxygen atoms in total. The first-order chi connectivity index (χ1) is 18.2. The number of carbonyl (C=O) groups excluding carboxylic acids is 2. The number of hydrogen-bond acceptors (Lipinski definition) is 7. The molecule has 2 aromatic carbocycles. The fourth-order valence-corrected chi connectivity index (χ4v) is 4.29. The summed E-state index contributed by atoms with van der Waals surface area (Å²) in [6, 6.07) is 11.4. The molecule has 1 unspecified atom stereocenters. The van der Waals surface area contributed by atoms with Crippen LogP contribution < -0.4 is 14.2 Å². The fraction of sp³-hybridized carbons (Fsp3) is 0.467. The Morgan fingerprint density at radius 3 is 2.45 bits per heavy atom. The maximum absolute atomic E-state index is 13.4. The van der Waals surface area contributed by atoms with Crippen molar-refractivity contribution >= 4 is 17.4 Å². The van der Waals surface area contributed by atoms with Crippen LogP contribution in [0.25, 0.3) is 5.76 Å². The van der Waals surface area contributed by atoms with E-state index in [0.717, 1.165) is 0 Å². The quantitative estimate of drug-likeness (QED) is 0.163. The van der Waals surface area contributed by atoms with Gasteiger partial charge in [0, 0.05) is 18.7 Å². The molecule has 3 rings (SSSR count). The number of hydrogen-bond donors (Lipinski definition) is 1. The Bertz CT molecular complexity index is 1160. The lowest BCUT2D eigenvalue weighted by Crippen LogP contribution is -2.31. The number of methoxy groups -OCH3 is 1. The van der Waals surface area contributed by atoms with Crippen LogP contribution in [-0.4, -0.2) is 61.3 Å². The highest BCUT2D eigenvalue weighted by Crippen LogP contribution is 2.42. The van der Waals surface area contributed by atoms with Gasteiger partial charge in [0.25, 0.3) is 11.7 Å². The third-order valence-corrected chi connectivity index (χ3v) is 6.03. The fourth-order valence-electron chi connectivity index (χ4n) is 4.29. The van der Waals surface area contributed by atoms with E-state index in [9.17, 15) is 14.7 Å². The summed E-state index contributed by atoms with van der Waals surface area (Å²) >= 11 is 0. The van der Waals surface area contributed by atoms with E-state index in [1.807, 2.05) is 34.6 Å². The van der Waals surface area contributed by atoms with E-state index in [1.165, 1.54) is 4.90 Å². The third kappa shape index (κ3) is 6.86. The monoisotopic (exact) mass is 525 g/mol. The highest BCUT2D eigenvalue weighted by Gasteiger charge is 2.46. The van der Waals surface area contributed by atoms with Crippen LogP contribution in [0.3, 0.4) is 0 Å². The second-order valence-corrected chi connectivity index (χ2v) is 9.84. The molecule has 206 valence electrons. The summed E-state index contributed by atoms with van der Waals surface area (Å²) in [6.07, 6.45) is 0.594. The molecule has 8 heteroatoms. The lowest BCUT2D eigenvalue weighted by molar-refractivity contribution is -0.140. The molecule has 0 aliphatic carbocycles. The van der Waals surface area contributed by atoms with Gasteiger partial charge in [0.15, 0.2) is 11.5 Å². The Balaban J connectivity index is 2.08. The van der Waals surface area contributed by atoms with Gasteiger partial charge in [-0.25, -0.2) is 0 Å². The van der Waals surface area contributed by atoms with Crippen LogP contribution in [0.1, 0.15) is 58.2 Å². The molecule has 0 bridgehead atoms. The van der Waals surface area contributed by atoms with E-state index >= 15 is 0 Å². The molecule has 38 heavy (non-hydrogen) atoms. The Kier molecular flexibility index (Phi) is 10.2. The maximum atomic E-state index is 13.4. The highest BCUT2D eigenvalue weighted by atomic mass is 16.5. The summed E-state index contributed by atoms with van der Waals surface area (Å²) in [4.78, 5) is 28.1. The lowest BCUT2D eigenvalue weighted by atomic mass is 9.95. The maximum Gasteiger partial charge on any atom is 0.295 e. The van der Waals surface area contributed by atoms with Gasteiger partial charge in [-0.2, -0.15) is 0 Å². The van der Waals surface area contributed by atoms with E-state index in [2.05, 4.69) is 0 Å². The summed E-state index contributed by atoms with van der Waals surface area (Å²) in [5, 5.41) is 11.4. The largest absolute Gasteiger partial charge is 0.507 e. The van der Waals surface area contributed by atoms with Crippen molar-refractivity contribution in [2.45, 2.75) is 53.2 Å². The van der Waals surface area contributed by atoms with E-state index in [-0.39, 0.29) is 24.0 Å². The molecule has 1 heterocycles. The molecular weight excluding hydrogens is 486 g/mol. The van der Waals surface area contributed by atoms with Crippen molar-refractivity contribution in [1.82, 2.24) is 4.90 Å². The minimum atomic E-state index is -0.806. The van der Waals surface area contributed by atoms with Gasteiger partial charge in [0.05, 0.1) is 38.0 Å². The molecule has 1 saturated heterocycles. The van der Waals surface area contributed by atoms with Crippen molar-refractivity contribution in [2.75, 3.05) is 33.5 Å². The summed E-state index contributed by atoms with van der Waals surface area (Å²) in [7, 11) is 1.55. The Labute approximate surface area is 225 Å². The summed E-state index contributed by atoms with van der Waals surface area (Å²) in [6.45, 7) is 11.5. The topological polar surface area (TPSA) is 94.5 Å². The van der Waals surface area contributed by atoms with Gasteiger partial charge in [-0.05, 0) is 62.9 Å². The molecule has 1 N–H and O–H groups in total. The predicted octanol–water partition coefficient (Wildman–Crippen LogP) is 5.37. The first kappa shape index (κ1) is 29.0. The summed E-state index contributed by atoms with van der Waals surface area (Å²) in [5.41, 5.74) is 1.05. The van der Waals surface area contributed by atoms with E-state index in [4.69, 9.17) is 18.9 Å². The van der Waals surface area contributed by atoms with E-state index in [1.54, 1.807) is 49.6 Å². The normalized spacial score (nSPS) is 16.9. The highest BCUT2D eigenvalue weighted by molar-refractivity contribution is 6.46. The van der Waals surface area contributed by atoms with Crippen LogP contribution in [-0.2, 0) is 14.3 Å². The van der Waals surface area contributed by atoms with Gasteiger partial charge in [-0.15, -0.1) is 0 Å². The summed E-state index contributed by atoms with van der Waals surface area (Å²) < 4.78 is 22.6.